The van der Waals surface area contributed by atoms with Crippen LogP contribution in [-0.2, 0) is 4.79 Å². The summed E-state index contributed by atoms with van der Waals surface area (Å²) in [7, 11) is 1.76. The summed E-state index contributed by atoms with van der Waals surface area (Å²) in [6, 6.07) is -0.786. The molecule has 6 heteroatoms. The number of carbonyl (C=O) groups is 2. The second-order valence-electron chi connectivity index (χ2n) is 5.44. The standard InChI is InChI=1S/C13H23N3O3/c1-14(9-10-15-6-2-3-7-15)13(19)16-8-4-5-11(16)12(17)18/h11H,2-10H2,1H3,(H,17,18)/t11-/m1/s1. The number of urea groups is 1. The maximum Gasteiger partial charge on any atom is 0.326 e. The molecule has 2 saturated heterocycles. The fraction of sp³-hybridized carbons (Fsp3) is 0.846. The van der Waals surface area contributed by atoms with Crippen molar-refractivity contribution >= 4 is 12.0 Å². The Morgan fingerprint density at radius 3 is 2.53 bits per heavy atom. The Kier molecular flexibility index (Phi) is 4.63. The minimum Gasteiger partial charge on any atom is -0.480 e. The first-order chi connectivity index (χ1) is 9.09. The predicted molar refractivity (Wildman–Crippen MR) is 71.1 cm³/mol. The Morgan fingerprint density at radius 1 is 1.21 bits per heavy atom. The predicted octanol–water partition coefficient (Wildman–Crippen LogP) is 0.683. The van der Waals surface area contributed by atoms with Crippen LogP contribution in [0.4, 0.5) is 4.79 Å². The zero-order chi connectivity index (χ0) is 13.8. The van der Waals surface area contributed by atoms with Gasteiger partial charge in [0.1, 0.15) is 6.04 Å². The summed E-state index contributed by atoms with van der Waals surface area (Å²) in [5, 5.41) is 9.10. The van der Waals surface area contributed by atoms with E-state index in [2.05, 4.69) is 4.90 Å². The lowest BCUT2D eigenvalue weighted by atomic mass is 10.2. The summed E-state index contributed by atoms with van der Waals surface area (Å²) in [6.45, 7) is 4.34. The van der Waals surface area contributed by atoms with Crippen LogP contribution in [0.2, 0.25) is 0 Å². The quantitative estimate of drug-likeness (QED) is 0.815. The van der Waals surface area contributed by atoms with E-state index in [9.17, 15) is 9.59 Å². The largest absolute Gasteiger partial charge is 0.480 e. The Morgan fingerprint density at radius 2 is 1.89 bits per heavy atom. The molecule has 0 aliphatic carbocycles. The van der Waals surface area contributed by atoms with Crippen molar-refractivity contribution in [1.29, 1.82) is 0 Å². The van der Waals surface area contributed by atoms with Gasteiger partial charge in [0.2, 0.25) is 0 Å². The van der Waals surface area contributed by atoms with Gasteiger partial charge >= 0.3 is 12.0 Å². The Balaban J connectivity index is 1.82. The molecular weight excluding hydrogens is 246 g/mol. The van der Waals surface area contributed by atoms with Crippen LogP contribution >= 0.6 is 0 Å². The first kappa shape index (κ1) is 14.1. The maximum atomic E-state index is 12.2. The zero-order valence-electron chi connectivity index (χ0n) is 11.5. The van der Waals surface area contributed by atoms with Crippen LogP contribution in [-0.4, -0.2) is 77.6 Å². The van der Waals surface area contributed by atoms with E-state index in [-0.39, 0.29) is 6.03 Å². The van der Waals surface area contributed by atoms with E-state index in [1.807, 2.05) is 0 Å². The number of hydrogen-bond acceptors (Lipinski definition) is 3. The average Bonchev–Trinajstić information content (AvgIpc) is 3.05. The summed E-state index contributed by atoms with van der Waals surface area (Å²) < 4.78 is 0. The molecule has 1 N–H and O–H groups in total. The fourth-order valence-corrected chi connectivity index (χ4v) is 2.86. The molecule has 0 spiro atoms. The second kappa shape index (κ2) is 6.23. The molecule has 0 bridgehead atoms. The number of aliphatic carboxylic acids is 1. The van der Waals surface area contributed by atoms with E-state index in [1.54, 1.807) is 11.9 Å². The number of amides is 2. The first-order valence-electron chi connectivity index (χ1n) is 7.06. The lowest BCUT2D eigenvalue weighted by Crippen LogP contribution is -2.48. The van der Waals surface area contributed by atoms with E-state index >= 15 is 0 Å². The van der Waals surface area contributed by atoms with Crippen molar-refractivity contribution in [2.45, 2.75) is 31.7 Å². The van der Waals surface area contributed by atoms with E-state index in [1.165, 1.54) is 17.7 Å². The summed E-state index contributed by atoms with van der Waals surface area (Å²) in [5.74, 6) is -0.890. The van der Waals surface area contributed by atoms with Gasteiger partial charge in [-0.1, -0.05) is 0 Å². The lowest BCUT2D eigenvalue weighted by molar-refractivity contribution is -0.141. The van der Waals surface area contributed by atoms with E-state index in [4.69, 9.17) is 5.11 Å². The van der Waals surface area contributed by atoms with Crippen LogP contribution in [0, 0.1) is 0 Å². The third kappa shape index (κ3) is 3.37. The van der Waals surface area contributed by atoms with Crippen LogP contribution in [0.1, 0.15) is 25.7 Å². The molecule has 0 unspecified atom stereocenters. The monoisotopic (exact) mass is 269 g/mol. The molecule has 2 aliphatic heterocycles. The molecule has 2 fully saturated rings. The minimum absolute atomic E-state index is 0.149. The van der Waals surface area contributed by atoms with E-state index < -0.39 is 12.0 Å². The van der Waals surface area contributed by atoms with E-state index in [0.29, 0.717) is 19.5 Å². The third-order valence-corrected chi connectivity index (χ3v) is 4.06. The molecule has 0 aromatic rings. The molecule has 108 valence electrons. The molecule has 0 saturated carbocycles. The van der Waals surface area contributed by atoms with Gasteiger partial charge in [0.05, 0.1) is 0 Å². The van der Waals surface area contributed by atoms with Gasteiger partial charge in [0, 0.05) is 26.7 Å². The van der Waals surface area contributed by atoms with Crippen LogP contribution in [0.15, 0.2) is 0 Å². The Hall–Kier alpha value is -1.30. The summed E-state index contributed by atoms with van der Waals surface area (Å²) in [6.07, 6.45) is 3.83. The van der Waals surface area contributed by atoms with Gasteiger partial charge in [-0.3, -0.25) is 0 Å². The number of nitrogens with zero attached hydrogens (tertiary/aromatic N) is 3. The normalized spacial score (nSPS) is 23.8. The number of likely N-dealkylation sites (tertiary alicyclic amines) is 2. The highest BCUT2D eigenvalue weighted by Crippen LogP contribution is 2.19. The smallest absolute Gasteiger partial charge is 0.326 e. The van der Waals surface area contributed by atoms with Crippen LogP contribution < -0.4 is 0 Å². The second-order valence-corrected chi connectivity index (χ2v) is 5.44. The molecule has 2 aliphatic rings. The maximum absolute atomic E-state index is 12.2. The van der Waals surface area contributed by atoms with Crippen LogP contribution in [0.25, 0.3) is 0 Å². The van der Waals surface area contributed by atoms with Crippen molar-refractivity contribution in [1.82, 2.24) is 14.7 Å². The first-order valence-corrected chi connectivity index (χ1v) is 7.06. The number of likely N-dealkylation sites (N-methyl/N-ethyl adjacent to an activating group) is 1. The lowest BCUT2D eigenvalue weighted by Gasteiger charge is -2.28. The van der Waals surface area contributed by atoms with Gasteiger partial charge in [-0.05, 0) is 38.8 Å². The summed E-state index contributed by atoms with van der Waals surface area (Å²) >= 11 is 0. The topological polar surface area (TPSA) is 64.1 Å². The van der Waals surface area contributed by atoms with Gasteiger partial charge < -0.3 is 19.8 Å². The van der Waals surface area contributed by atoms with Crippen molar-refractivity contribution in [2.75, 3.05) is 39.8 Å². The number of carboxylic acid groups (broad SMARTS) is 1. The number of carbonyl (C=O) groups excluding carboxylic acids is 1. The molecule has 0 radical (unpaired) electrons. The molecule has 2 heterocycles. The highest BCUT2D eigenvalue weighted by molar-refractivity contribution is 5.83. The molecular formula is C13H23N3O3. The van der Waals surface area contributed by atoms with Crippen molar-refractivity contribution in [3.05, 3.63) is 0 Å². The van der Waals surface area contributed by atoms with Gasteiger partial charge in [-0.25, -0.2) is 9.59 Å². The molecule has 2 amide bonds. The highest BCUT2D eigenvalue weighted by atomic mass is 16.4. The number of hydrogen-bond donors (Lipinski definition) is 1. The van der Waals surface area contributed by atoms with Gasteiger partial charge in [-0.2, -0.15) is 0 Å². The molecule has 2 rings (SSSR count). The van der Waals surface area contributed by atoms with Crippen LogP contribution in [0.3, 0.4) is 0 Å². The average molecular weight is 269 g/mol. The van der Waals surface area contributed by atoms with Crippen molar-refractivity contribution in [2.24, 2.45) is 0 Å². The molecule has 6 nitrogen and oxygen atoms in total. The molecule has 0 aromatic carbocycles. The van der Waals surface area contributed by atoms with Gasteiger partial charge in [-0.15, -0.1) is 0 Å². The van der Waals surface area contributed by atoms with Crippen molar-refractivity contribution < 1.29 is 14.7 Å². The van der Waals surface area contributed by atoms with Crippen LogP contribution in [0.5, 0.6) is 0 Å². The van der Waals surface area contributed by atoms with Gasteiger partial charge in [0.25, 0.3) is 0 Å². The third-order valence-electron chi connectivity index (χ3n) is 4.06. The SMILES string of the molecule is CN(CCN1CCCC1)C(=O)N1CCC[C@@H]1C(=O)O. The summed E-state index contributed by atoms with van der Waals surface area (Å²) in [4.78, 5) is 28.8. The van der Waals surface area contributed by atoms with E-state index in [0.717, 1.165) is 26.1 Å². The fourth-order valence-electron chi connectivity index (χ4n) is 2.86. The molecule has 0 aromatic heterocycles. The number of rotatable bonds is 4. The Bertz CT molecular complexity index is 342. The highest BCUT2D eigenvalue weighted by Gasteiger charge is 2.35. The molecule has 1 atom stereocenters. The zero-order valence-corrected chi connectivity index (χ0v) is 11.5. The number of carboxylic acids is 1. The van der Waals surface area contributed by atoms with Crippen molar-refractivity contribution in [3.63, 3.8) is 0 Å². The van der Waals surface area contributed by atoms with Gasteiger partial charge in [0.15, 0.2) is 0 Å². The molecule has 19 heavy (non-hydrogen) atoms. The Labute approximate surface area is 114 Å². The minimum atomic E-state index is -0.890. The summed E-state index contributed by atoms with van der Waals surface area (Å²) in [5.41, 5.74) is 0. The van der Waals surface area contributed by atoms with Crippen molar-refractivity contribution in [3.8, 4) is 0 Å².